The molecule has 0 saturated carbocycles. The molecule has 0 aliphatic heterocycles. The highest BCUT2D eigenvalue weighted by Gasteiger charge is 2.25. The molecule has 2 heterocycles. The van der Waals surface area contributed by atoms with Gasteiger partial charge in [0.1, 0.15) is 0 Å². The number of aromatic nitrogens is 3. The van der Waals surface area contributed by atoms with Gasteiger partial charge in [0.15, 0.2) is 0 Å². The minimum absolute atomic E-state index is 0.298. The van der Waals surface area contributed by atoms with Gasteiger partial charge >= 0.3 is 0 Å². The predicted octanol–water partition coefficient (Wildman–Crippen LogP) is 2.46. The number of rotatable bonds is 3. The van der Waals surface area contributed by atoms with Crippen LogP contribution in [-0.4, -0.2) is 14.8 Å². The summed E-state index contributed by atoms with van der Waals surface area (Å²) in [5.41, 5.74) is 5.09. The van der Waals surface area contributed by atoms with E-state index in [0.29, 0.717) is 12.1 Å². The molecule has 1 aliphatic rings. The van der Waals surface area contributed by atoms with Gasteiger partial charge in [-0.15, -0.1) is 0 Å². The molecule has 0 spiro atoms. The van der Waals surface area contributed by atoms with Gasteiger partial charge in [-0.25, -0.2) is 0 Å². The van der Waals surface area contributed by atoms with E-state index in [4.69, 9.17) is 0 Å². The quantitative estimate of drug-likeness (QED) is 0.917. The third-order valence-electron chi connectivity index (χ3n) is 4.15. The van der Waals surface area contributed by atoms with Crippen LogP contribution in [0.4, 0.5) is 0 Å². The Morgan fingerprint density at radius 2 is 2.32 bits per heavy atom. The second kappa shape index (κ2) is 4.78. The zero-order valence-corrected chi connectivity index (χ0v) is 11.7. The Kier molecular flexibility index (Phi) is 3.11. The van der Waals surface area contributed by atoms with Crippen molar-refractivity contribution in [2.75, 3.05) is 0 Å². The lowest BCUT2D eigenvalue weighted by Gasteiger charge is -2.19. The Labute approximate surface area is 113 Å². The van der Waals surface area contributed by atoms with Gasteiger partial charge in [-0.3, -0.25) is 9.67 Å². The van der Waals surface area contributed by atoms with Crippen molar-refractivity contribution in [3.8, 4) is 0 Å². The van der Waals surface area contributed by atoms with E-state index in [2.05, 4.69) is 35.3 Å². The smallest absolute Gasteiger partial charge is 0.0605 e. The maximum absolute atomic E-state index is 4.53. The fourth-order valence-corrected chi connectivity index (χ4v) is 2.91. The Bertz CT molecular complexity index is 588. The normalized spacial score (nSPS) is 19.4. The molecular weight excluding hydrogens is 236 g/mol. The Balaban J connectivity index is 1.78. The van der Waals surface area contributed by atoms with Crippen LogP contribution in [-0.2, 0) is 13.5 Å². The molecule has 1 N–H and O–H groups in total. The minimum Gasteiger partial charge on any atom is -0.302 e. The first kappa shape index (κ1) is 12.4. The van der Waals surface area contributed by atoms with Crippen molar-refractivity contribution in [1.29, 1.82) is 0 Å². The lowest BCUT2D eigenvalue weighted by atomic mass is 10.1. The number of nitrogens with zero attached hydrogens (tertiary/aromatic N) is 3. The van der Waals surface area contributed by atoms with Crippen LogP contribution in [0.15, 0.2) is 24.5 Å². The monoisotopic (exact) mass is 256 g/mol. The first-order valence-corrected chi connectivity index (χ1v) is 6.85. The number of hydrogen-bond donors (Lipinski definition) is 1. The van der Waals surface area contributed by atoms with E-state index in [1.165, 1.54) is 22.5 Å². The van der Waals surface area contributed by atoms with Crippen LogP contribution >= 0.6 is 0 Å². The number of hydrogen-bond acceptors (Lipinski definition) is 3. The second-order valence-corrected chi connectivity index (χ2v) is 5.34. The van der Waals surface area contributed by atoms with Crippen molar-refractivity contribution in [1.82, 2.24) is 20.1 Å². The molecular formula is C15H20N4. The van der Waals surface area contributed by atoms with Crippen molar-refractivity contribution in [2.24, 2.45) is 7.05 Å². The van der Waals surface area contributed by atoms with E-state index in [1.807, 2.05) is 30.2 Å². The molecule has 1 aliphatic carbocycles. The molecule has 4 heteroatoms. The van der Waals surface area contributed by atoms with Crippen molar-refractivity contribution >= 4 is 0 Å². The van der Waals surface area contributed by atoms with Crippen LogP contribution in [0.5, 0.6) is 0 Å². The average molecular weight is 256 g/mol. The number of fused-ring (bicyclic) bond motifs is 1. The van der Waals surface area contributed by atoms with E-state index in [9.17, 15) is 0 Å². The van der Waals surface area contributed by atoms with Gasteiger partial charge < -0.3 is 5.32 Å². The highest BCUT2D eigenvalue weighted by molar-refractivity contribution is 5.29. The van der Waals surface area contributed by atoms with Gasteiger partial charge in [0.2, 0.25) is 0 Å². The molecule has 3 rings (SSSR count). The molecule has 0 radical (unpaired) electrons. The van der Waals surface area contributed by atoms with Crippen molar-refractivity contribution in [2.45, 2.75) is 38.8 Å². The minimum atomic E-state index is 0.298. The molecule has 100 valence electrons. The summed E-state index contributed by atoms with van der Waals surface area (Å²) >= 11 is 0. The van der Waals surface area contributed by atoms with Crippen molar-refractivity contribution < 1.29 is 0 Å². The zero-order valence-electron chi connectivity index (χ0n) is 11.7. The molecule has 2 aromatic rings. The molecule has 0 amide bonds. The van der Waals surface area contributed by atoms with Gasteiger partial charge in [0.05, 0.1) is 17.9 Å². The summed E-state index contributed by atoms with van der Waals surface area (Å²) in [7, 11) is 1.98. The van der Waals surface area contributed by atoms with Crippen LogP contribution < -0.4 is 5.32 Å². The standard InChI is InChI=1S/C15H20N4/c1-10(13-9-17-19(3)11(13)2)18-14-7-6-12-5-4-8-16-15(12)14/h4-5,8-10,14,18H,6-7H2,1-3H3. The zero-order chi connectivity index (χ0) is 13.4. The van der Waals surface area contributed by atoms with E-state index in [1.54, 1.807) is 0 Å². The third kappa shape index (κ3) is 2.16. The van der Waals surface area contributed by atoms with Gasteiger partial charge in [-0.1, -0.05) is 6.07 Å². The van der Waals surface area contributed by atoms with Gasteiger partial charge in [0, 0.05) is 30.5 Å². The Morgan fingerprint density at radius 1 is 1.47 bits per heavy atom. The molecule has 2 aromatic heterocycles. The molecule has 19 heavy (non-hydrogen) atoms. The maximum Gasteiger partial charge on any atom is 0.0605 e. The summed E-state index contributed by atoms with van der Waals surface area (Å²) in [5, 5.41) is 8.01. The molecule has 2 atom stereocenters. The van der Waals surface area contributed by atoms with E-state index < -0.39 is 0 Å². The predicted molar refractivity (Wildman–Crippen MR) is 74.8 cm³/mol. The fourth-order valence-electron chi connectivity index (χ4n) is 2.91. The van der Waals surface area contributed by atoms with Crippen molar-refractivity contribution in [3.63, 3.8) is 0 Å². The summed E-state index contributed by atoms with van der Waals surface area (Å²) in [5.74, 6) is 0. The summed E-state index contributed by atoms with van der Waals surface area (Å²) in [6.07, 6.45) is 6.11. The van der Waals surface area contributed by atoms with E-state index >= 15 is 0 Å². The Hall–Kier alpha value is -1.68. The first-order chi connectivity index (χ1) is 9.16. The molecule has 0 saturated heterocycles. The SMILES string of the molecule is Cc1c(C(C)NC2CCc3cccnc32)cnn1C. The molecule has 0 bridgehead atoms. The summed E-state index contributed by atoms with van der Waals surface area (Å²) in [6.45, 7) is 4.31. The van der Waals surface area contributed by atoms with Crippen LogP contribution in [0.1, 0.15) is 47.9 Å². The third-order valence-corrected chi connectivity index (χ3v) is 4.15. The number of aryl methyl sites for hydroxylation is 2. The van der Waals surface area contributed by atoms with Gasteiger partial charge in [-0.2, -0.15) is 5.10 Å². The van der Waals surface area contributed by atoms with E-state index in [-0.39, 0.29) is 0 Å². The molecule has 0 aromatic carbocycles. The highest BCUT2D eigenvalue weighted by atomic mass is 15.3. The molecule has 2 unspecified atom stereocenters. The number of pyridine rings is 1. The largest absolute Gasteiger partial charge is 0.302 e. The van der Waals surface area contributed by atoms with Crippen LogP contribution in [0.3, 0.4) is 0 Å². The van der Waals surface area contributed by atoms with Crippen LogP contribution in [0, 0.1) is 6.92 Å². The average Bonchev–Trinajstić information content (AvgIpc) is 2.96. The maximum atomic E-state index is 4.53. The van der Waals surface area contributed by atoms with Crippen molar-refractivity contribution in [3.05, 3.63) is 47.0 Å². The van der Waals surface area contributed by atoms with Gasteiger partial charge in [-0.05, 0) is 38.3 Å². The molecule has 0 fully saturated rings. The lowest BCUT2D eigenvalue weighted by Crippen LogP contribution is -2.24. The topological polar surface area (TPSA) is 42.7 Å². The summed E-state index contributed by atoms with van der Waals surface area (Å²) < 4.78 is 1.92. The molecule has 4 nitrogen and oxygen atoms in total. The van der Waals surface area contributed by atoms with Crippen LogP contribution in [0.2, 0.25) is 0 Å². The fraction of sp³-hybridized carbons (Fsp3) is 0.467. The van der Waals surface area contributed by atoms with Gasteiger partial charge in [0.25, 0.3) is 0 Å². The summed E-state index contributed by atoms with van der Waals surface area (Å²) in [4.78, 5) is 4.53. The second-order valence-electron chi connectivity index (χ2n) is 5.34. The van der Waals surface area contributed by atoms with Crippen LogP contribution in [0.25, 0.3) is 0 Å². The summed E-state index contributed by atoms with van der Waals surface area (Å²) in [6, 6.07) is 4.87. The number of nitrogens with one attached hydrogen (secondary N) is 1. The Morgan fingerprint density at radius 3 is 3.05 bits per heavy atom. The first-order valence-electron chi connectivity index (χ1n) is 6.85. The lowest BCUT2D eigenvalue weighted by molar-refractivity contribution is 0.457. The van der Waals surface area contributed by atoms with E-state index in [0.717, 1.165) is 12.8 Å². The highest BCUT2D eigenvalue weighted by Crippen LogP contribution is 2.31.